The first-order valence-electron chi connectivity index (χ1n) is 8.06. The van der Waals surface area contributed by atoms with E-state index in [0.717, 1.165) is 18.9 Å². The lowest BCUT2D eigenvalue weighted by Gasteiger charge is -2.33. The third-order valence-electron chi connectivity index (χ3n) is 4.13. The minimum atomic E-state index is 0.352. The third-order valence-corrected chi connectivity index (χ3v) is 4.71. The molecule has 1 aliphatic rings. The van der Waals surface area contributed by atoms with Crippen LogP contribution in [0.5, 0.6) is 0 Å². The second kappa shape index (κ2) is 11.8. The van der Waals surface area contributed by atoms with E-state index in [9.17, 15) is 0 Å². The third kappa shape index (κ3) is 7.82. The van der Waals surface area contributed by atoms with Gasteiger partial charge in [0.25, 0.3) is 0 Å². The van der Waals surface area contributed by atoms with Crippen LogP contribution < -0.4 is 0 Å². The van der Waals surface area contributed by atoms with Crippen molar-refractivity contribution in [2.45, 2.75) is 50.8 Å². The Kier molecular flexibility index (Phi) is 10.7. The first-order chi connectivity index (χ1) is 9.77. The van der Waals surface area contributed by atoms with Crippen LogP contribution in [0.2, 0.25) is 0 Å². The summed E-state index contributed by atoms with van der Waals surface area (Å²) in [7, 11) is 1.68. The summed E-state index contributed by atoms with van der Waals surface area (Å²) in [5.41, 5.74) is 0. The highest BCUT2D eigenvalue weighted by molar-refractivity contribution is 6.20. The largest absolute Gasteiger partial charge is 0.382 e. The van der Waals surface area contributed by atoms with Crippen molar-refractivity contribution < 1.29 is 14.2 Å². The number of alkyl halides is 1. The highest BCUT2D eigenvalue weighted by atomic mass is 35.5. The maximum atomic E-state index is 6.45. The summed E-state index contributed by atoms with van der Waals surface area (Å²) in [5.74, 6) is 1.52. The van der Waals surface area contributed by atoms with Gasteiger partial charge in [-0.25, -0.2) is 0 Å². The molecule has 0 saturated heterocycles. The molecule has 1 rings (SSSR count). The molecule has 0 spiro atoms. The first-order valence-corrected chi connectivity index (χ1v) is 8.50. The van der Waals surface area contributed by atoms with Crippen LogP contribution in [0, 0.1) is 11.8 Å². The minimum absolute atomic E-state index is 0.352. The van der Waals surface area contributed by atoms with Crippen LogP contribution >= 0.6 is 11.6 Å². The van der Waals surface area contributed by atoms with Gasteiger partial charge in [-0.1, -0.05) is 19.8 Å². The lowest BCUT2D eigenvalue weighted by atomic mass is 9.78. The second-order valence-corrected chi connectivity index (χ2v) is 6.31. The number of hydrogen-bond acceptors (Lipinski definition) is 3. The maximum absolute atomic E-state index is 6.45. The van der Waals surface area contributed by atoms with Crippen molar-refractivity contribution >= 4 is 11.6 Å². The number of rotatable bonds is 11. The predicted molar refractivity (Wildman–Crippen MR) is 83.5 cm³/mol. The van der Waals surface area contributed by atoms with Crippen LogP contribution in [-0.4, -0.2) is 45.5 Å². The zero-order valence-electron chi connectivity index (χ0n) is 13.1. The van der Waals surface area contributed by atoms with E-state index in [4.69, 9.17) is 25.8 Å². The van der Waals surface area contributed by atoms with E-state index in [2.05, 4.69) is 6.92 Å². The molecule has 0 aromatic rings. The van der Waals surface area contributed by atoms with E-state index >= 15 is 0 Å². The van der Waals surface area contributed by atoms with Gasteiger partial charge in [0.1, 0.15) is 0 Å². The minimum Gasteiger partial charge on any atom is -0.382 e. The van der Waals surface area contributed by atoms with Crippen molar-refractivity contribution in [3.63, 3.8) is 0 Å². The zero-order valence-corrected chi connectivity index (χ0v) is 13.9. The van der Waals surface area contributed by atoms with Crippen LogP contribution in [0.4, 0.5) is 0 Å². The van der Waals surface area contributed by atoms with Gasteiger partial charge in [0.05, 0.1) is 26.4 Å². The Hall–Kier alpha value is 0.170. The Morgan fingerprint density at radius 3 is 2.35 bits per heavy atom. The molecule has 1 saturated carbocycles. The summed E-state index contributed by atoms with van der Waals surface area (Å²) in [6, 6.07) is 0. The van der Waals surface area contributed by atoms with Crippen LogP contribution in [0.3, 0.4) is 0 Å². The van der Waals surface area contributed by atoms with Gasteiger partial charge in [-0.15, -0.1) is 11.6 Å². The summed E-state index contributed by atoms with van der Waals surface area (Å²) >= 11 is 6.45. The summed E-state index contributed by atoms with van der Waals surface area (Å²) in [4.78, 5) is 0. The number of methoxy groups -OCH3 is 1. The fourth-order valence-corrected chi connectivity index (χ4v) is 3.35. The van der Waals surface area contributed by atoms with Gasteiger partial charge in [-0.05, 0) is 37.5 Å². The van der Waals surface area contributed by atoms with Crippen LogP contribution in [0.15, 0.2) is 0 Å². The lowest BCUT2D eigenvalue weighted by Crippen LogP contribution is -2.26. The summed E-state index contributed by atoms with van der Waals surface area (Å²) < 4.78 is 15.9. The number of hydrogen-bond donors (Lipinski definition) is 0. The molecule has 3 nitrogen and oxygen atoms in total. The molecule has 0 amide bonds. The van der Waals surface area contributed by atoms with E-state index in [-0.39, 0.29) is 0 Å². The van der Waals surface area contributed by atoms with E-state index in [1.807, 2.05) is 0 Å². The normalized spacial score (nSPS) is 26.9. The summed E-state index contributed by atoms with van der Waals surface area (Å²) in [6.45, 7) is 5.69. The van der Waals surface area contributed by atoms with Crippen LogP contribution in [0.1, 0.15) is 45.4 Å². The van der Waals surface area contributed by atoms with Crippen molar-refractivity contribution in [2.75, 3.05) is 40.1 Å². The Balaban J connectivity index is 2.02. The van der Waals surface area contributed by atoms with Crippen molar-refractivity contribution in [1.82, 2.24) is 0 Å². The molecule has 0 aromatic heterocycles. The average Bonchev–Trinajstić information content (AvgIpc) is 2.45. The van der Waals surface area contributed by atoms with Gasteiger partial charge in [0, 0.05) is 19.1 Å². The fraction of sp³-hybridized carbons (Fsp3) is 1.00. The molecule has 3 atom stereocenters. The van der Waals surface area contributed by atoms with Gasteiger partial charge in [-0.2, -0.15) is 0 Å². The molecular weight excluding hydrogens is 276 g/mol. The van der Waals surface area contributed by atoms with E-state index in [0.29, 0.717) is 37.7 Å². The summed E-state index contributed by atoms with van der Waals surface area (Å²) in [6.07, 6.45) is 7.51. The quantitative estimate of drug-likeness (QED) is 0.428. The molecule has 0 aliphatic heterocycles. The van der Waals surface area contributed by atoms with E-state index in [1.165, 1.54) is 32.1 Å². The molecule has 1 fully saturated rings. The molecule has 0 bridgehead atoms. The monoisotopic (exact) mass is 306 g/mol. The maximum Gasteiger partial charge on any atom is 0.0701 e. The van der Waals surface area contributed by atoms with E-state index in [1.54, 1.807) is 7.11 Å². The van der Waals surface area contributed by atoms with Gasteiger partial charge in [-0.3, -0.25) is 0 Å². The lowest BCUT2D eigenvalue weighted by molar-refractivity contribution is 0.0202. The van der Waals surface area contributed by atoms with Crippen molar-refractivity contribution in [3.8, 4) is 0 Å². The molecule has 1 aliphatic carbocycles. The van der Waals surface area contributed by atoms with Gasteiger partial charge < -0.3 is 14.2 Å². The molecule has 4 heteroatoms. The van der Waals surface area contributed by atoms with Crippen molar-refractivity contribution in [2.24, 2.45) is 11.8 Å². The first kappa shape index (κ1) is 18.2. The second-order valence-electron chi connectivity index (χ2n) is 5.75. The molecule has 3 unspecified atom stereocenters. The Morgan fingerprint density at radius 1 is 0.950 bits per heavy atom. The highest BCUT2D eigenvalue weighted by Crippen LogP contribution is 2.36. The summed E-state index contributed by atoms with van der Waals surface area (Å²) in [5, 5.41) is 0.352. The molecule has 0 N–H and O–H groups in total. The van der Waals surface area contributed by atoms with Crippen molar-refractivity contribution in [1.29, 1.82) is 0 Å². The van der Waals surface area contributed by atoms with Gasteiger partial charge >= 0.3 is 0 Å². The standard InChI is InChI=1S/C16H31ClO3/c1-3-4-14-5-6-16(17)15(13-14)7-8-19-11-12-20-10-9-18-2/h14-16H,3-13H2,1-2H3. The molecule has 20 heavy (non-hydrogen) atoms. The zero-order chi connectivity index (χ0) is 14.6. The highest BCUT2D eigenvalue weighted by Gasteiger charge is 2.28. The molecule has 120 valence electrons. The van der Waals surface area contributed by atoms with Crippen LogP contribution in [-0.2, 0) is 14.2 Å². The van der Waals surface area contributed by atoms with Crippen LogP contribution in [0.25, 0.3) is 0 Å². The molecular formula is C16H31ClO3. The van der Waals surface area contributed by atoms with E-state index < -0.39 is 0 Å². The Labute approximate surface area is 129 Å². The van der Waals surface area contributed by atoms with Gasteiger partial charge in [0.2, 0.25) is 0 Å². The SMILES string of the molecule is CCCC1CCC(Cl)C(CCOCCOCCOC)C1. The predicted octanol–water partition coefficient (Wildman–Crippen LogP) is 3.88. The van der Waals surface area contributed by atoms with Gasteiger partial charge in [0.15, 0.2) is 0 Å². The number of ether oxygens (including phenoxy) is 3. The number of halogens is 1. The fourth-order valence-electron chi connectivity index (χ4n) is 2.99. The molecule has 0 radical (unpaired) electrons. The Morgan fingerprint density at radius 2 is 1.65 bits per heavy atom. The Bertz CT molecular complexity index is 226. The molecule has 0 heterocycles. The topological polar surface area (TPSA) is 27.7 Å². The molecule has 0 aromatic carbocycles. The van der Waals surface area contributed by atoms with Crippen molar-refractivity contribution in [3.05, 3.63) is 0 Å². The smallest absolute Gasteiger partial charge is 0.0701 e. The average molecular weight is 307 g/mol.